The molecule has 5 heterocycles. The zero-order chi connectivity index (χ0) is 44.5. The largest absolute Gasteiger partial charge is 0.354 e. The van der Waals surface area contributed by atoms with E-state index < -0.39 is 8.07 Å². The van der Waals surface area contributed by atoms with Crippen LogP contribution in [0.4, 0.5) is 0 Å². The third kappa shape index (κ3) is 7.85. The van der Waals surface area contributed by atoms with Crippen molar-refractivity contribution in [3.63, 3.8) is 0 Å². The van der Waals surface area contributed by atoms with E-state index in [0.717, 1.165) is 78.2 Å². The summed E-state index contributed by atoms with van der Waals surface area (Å²) < 4.78 is 0. The van der Waals surface area contributed by atoms with Crippen molar-refractivity contribution < 1.29 is 0 Å². The van der Waals surface area contributed by atoms with Crippen LogP contribution in [0.3, 0.4) is 0 Å². The van der Waals surface area contributed by atoms with Gasteiger partial charge in [0.1, 0.15) is 8.07 Å². The summed E-state index contributed by atoms with van der Waals surface area (Å²) >= 11 is 0. The van der Waals surface area contributed by atoms with Crippen LogP contribution in [0.15, 0.2) is 84.9 Å². The van der Waals surface area contributed by atoms with E-state index in [2.05, 4.69) is 213 Å². The number of aromatic nitrogens is 4. The highest BCUT2D eigenvalue weighted by Crippen LogP contribution is 2.42. The molecule has 8 bridgehead atoms. The van der Waals surface area contributed by atoms with Crippen LogP contribution in [-0.2, 0) is 0 Å². The van der Waals surface area contributed by atoms with Gasteiger partial charge in [-0.2, -0.15) is 0 Å². The summed E-state index contributed by atoms with van der Waals surface area (Å²) in [5.74, 6) is 3.46. The average Bonchev–Trinajstić information content (AvgIpc) is 4.04. The molecule has 63 heavy (non-hydrogen) atoms. The van der Waals surface area contributed by atoms with Gasteiger partial charge in [0, 0.05) is 49.9 Å². The molecule has 0 fully saturated rings. The van der Waals surface area contributed by atoms with Crippen molar-refractivity contribution in [2.45, 2.75) is 82.0 Å². The van der Waals surface area contributed by atoms with Gasteiger partial charge in [0.2, 0.25) is 0 Å². The number of hydrogen-bond donors (Lipinski definition) is 2. The number of aryl methyl sites for hydroxylation is 9. The lowest BCUT2D eigenvalue weighted by Crippen LogP contribution is -2.16. The monoisotopic (exact) mass is 836 g/mol. The second-order valence-corrected chi connectivity index (χ2v) is 23.7. The van der Waals surface area contributed by atoms with Gasteiger partial charge < -0.3 is 9.97 Å². The molecule has 312 valence electrons. The first-order chi connectivity index (χ1) is 30.0. The first kappa shape index (κ1) is 41.6. The van der Waals surface area contributed by atoms with Crippen molar-refractivity contribution in [3.8, 4) is 56.0 Å². The maximum Gasteiger partial charge on any atom is 0.129 e. The minimum atomic E-state index is -1.55. The van der Waals surface area contributed by atoms with Crippen molar-refractivity contribution in [3.05, 3.63) is 163 Å². The Morgan fingerprint density at radius 2 is 0.683 bits per heavy atom. The van der Waals surface area contributed by atoms with E-state index in [1.807, 2.05) is 0 Å². The number of nitrogens with zero attached hydrogens (tertiary/aromatic N) is 2. The molecule has 0 atom stereocenters. The van der Waals surface area contributed by atoms with Gasteiger partial charge in [-0.25, -0.2) is 9.97 Å². The van der Waals surface area contributed by atoms with Crippen molar-refractivity contribution in [1.29, 1.82) is 0 Å². The molecular formula is C58H56N4Si. The Kier molecular flexibility index (Phi) is 10.5. The summed E-state index contributed by atoms with van der Waals surface area (Å²) in [6.45, 7) is 26.7. The minimum Gasteiger partial charge on any atom is -0.354 e. The van der Waals surface area contributed by atoms with Gasteiger partial charge in [-0.3, -0.25) is 0 Å². The number of fused-ring (bicyclic) bond motifs is 8. The first-order valence-electron chi connectivity index (χ1n) is 22.1. The average molecular weight is 837 g/mol. The molecule has 3 aromatic heterocycles. The molecule has 0 saturated carbocycles. The van der Waals surface area contributed by atoms with Crippen LogP contribution < -0.4 is 0 Å². The fourth-order valence-corrected chi connectivity index (χ4v) is 10.5. The molecule has 7 aromatic rings. The Morgan fingerprint density at radius 1 is 0.381 bits per heavy atom. The van der Waals surface area contributed by atoms with Gasteiger partial charge in [0.05, 0.1) is 22.8 Å². The third-order valence-electron chi connectivity index (χ3n) is 12.3. The second kappa shape index (κ2) is 15.9. The fourth-order valence-electron chi connectivity index (χ4n) is 10.0. The van der Waals surface area contributed by atoms with Crippen LogP contribution in [0.25, 0.3) is 90.9 Å². The summed E-state index contributed by atoms with van der Waals surface area (Å²) in [4.78, 5) is 19.2. The number of H-pyrrole nitrogens is 2. The SMILES string of the molecule is Cc1cc(C)c(-c2c3nc(c(-c4c(C)cc(C)cc4C)c4ccc([nH]4)c(-c4c(C)cc(C)cc4C)c4nc(c(-c5ccc(C#C[Si](C)(C)C)cc5)c5ccc2[nH]5)C=C4)C=C3)c(C)c1. The Labute approximate surface area is 374 Å². The molecule has 0 saturated heterocycles. The van der Waals surface area contributed by atoms with Gasteiger partial charge >= 0.3 is 0 Å². The number of rotatable bonds is 4. The van der Waals surface area contributed by atoms with E-state index in [4.69, 9.17) is 9.97 Å². The van der Waals surface area contributed by atoms with Gasteiger partial charge in [0.15, 0.2) is 0 Å². The summed E-state index contributed by atoms with van der Waals surface area (Å²) in [5.41, 5.74) is 32.2. The minimum absolute atomic E-state index is 0.897. The lowest BCUT2D eigenvalue weighted by Gasteiger charge is -2.14. The molecule has 4 aromatic carbocycles. The number of hydrogen-bond acceptors (Lipinski definition) is 2. The van der Waals surface area contributed by atoms with Crippen LogP contribution in [0.1, 0.15) is 78.4 Å². The summed E-state index contributed by atoms with van der Waals surface area (Å²) in [6.07, 6.45) is 8.79. The lowest BCUT2D eigenvalue weighted by molar-refractivity contribution is 1.27. The molecule has 0 aliphatic carbocycles. The highest BCUT2D eigenvalue weighted by molar-refractivity contribution is 6.83. The van der Waals surface area contributed by atoms with Crippen LogP contribution in [0, 0.1) is 73.8 Å². The van der Waals surface area contributed by atoms with E-state index in [1.165, 1.54) is 66.8 Å². The highest BCUT2D eigenvalue weighted by atomic mass is 28.3. The fraction of sp³-hybridized carbons (Fsp3) is 0.207. The molecule has 2 aliphatic heterocycles. The molecule has 9 rings (SSSR count). The Bertz CT molecular complexity index is 3220. The topological polar surface area (TPSA) is 57.4 Å². The number of aromatic amines is 2. The smallest absolute Gasteiger partial charge is 0.129 e. The molecule has 0 amide bonds. The van der Waals surface area contributed by atoms with Gasteiger partial charge in [-0.1, -0.05) is 90.8 Å². The highest BCUT2D eigenvalue weighted by Gasteiger charge is 2.23. The standard InChI is InChI=1S/C58H56N4Si/c1-33-27-36(4)52(37(5)28-33)56-46-19-17-44(59-46)55(43-15-13-42(14-16-43)25-26-63(10,11)12)45-18-20-47(60-45)57(53-38(6)29-34(2)30-39(53)7)49-22-24-51(62-49)58(50-23-21-48(56)61-50)54-40(8)31-35(3)32-41(54)9/h13-24,27-32,59,62H,1-12H3. The second-order valence-electron chi connectivity index (χ2n) is 18.9. The number of nitrogens with one attached hydrogen (secondary N) is 2. The lowest BCUT2D eigenvalue weighted by atomic mass is 9.92. The molecule has 0 spiro atoms. The zero-order valence-electron chi connectivity index (χ0n) is 38.8. The maximum absolute atomic E-state index is 5.63. The van der Waals surface area contributed by atoms with Crippen LogP contribution >= 0.6 is 0 Å². The number of benzene rings is 4. The van der Waals surface area contributed by atoms with Crippen molar-refractivity contribution in [2.24, 2.45) is 0 Å². The van der Waals surface area contributed by atoms with E-state index in [1.54, 1.807) is 0 Å². The quantitative estimate of drug-likeness (QED) is 0.137. The zero-order valence-corrected chi connectivity index (χ0v) is 39.8. The van der Waals surface area contributed by atoms with Crippen LogP contribution in [-0.4, -0.2) is 28.0 Å². The molecule has 2 N–H and O–H groups in total. The van der Waals surface area contributed by atoms with E-state index in [0.29, 0.717) is 0 Å². The first-order valence-corrected chi connectivity index (χ1v) is 25.6. The Hall–Kier alpha value is -6.74. The summed E-state index contributed by atoms with van der Waals surface area (Å²) in [6, 6.07) is 31.3. The Balaban J connectivity index is 1.48. The predicted molar refractivity (Wildman–Crippen MR) is 273 cm³/mol. The van der Waals surface area contributed by atoms with Crippen molar-refractivity contribution in [2.75, 3.05) is 0 Å². The molecule has 0 radical (unpaired) electrons. The Morgan fingerprint density at radius 3 is 1.00 bits per heavy atom. The predicted octanol–water partition coefficient (Wildman–Crippen LogP) is 15.3. The van der Waals surface area contributed by atoms with Crippen LogP contribution in [0.5, 0.6) is 0 Å². The van der Waals surface area contributed by atoms with Gasteiger partial charge in [0.25, 0.3) is 0 Å². The van der Waals surface area contributed by atoms with Gasteiger partial charge in [-0.05, 0) is 179 Å². The van der Waals surface area contributed by atoms with E-state index in [9.17, 15) is 0 Å². The van der Waals surface area contributed by atoms with Crippen LogP contribution in [0.2, 0.25) is 19.6 Å². The maximum atomic E-state index is 5.63. The van der Waals surface area contributed by atoms with Crippen molar-refractivity contribution >= 4 is 54.4 Å². The third-order valence-corrected chi connectivity index (χ3v) is 13.2. The van der Waals surface area contributed by atoms with E-state index in [-0.39, 0.29) is 0 Å². The molecule has 2 aliphatic rings. The summed E-state index contributed by atoms with van der Waals surface area (Å²) in [7, 11) is -1.55. The van der Waals surface area contributed by atoms with E-state index >= 15 is 0 Å². The van der Waals surface area contributed by atoms with Gasteiger partial charge in [-0.15, -0.1) is 5.54 Å². The van der Waals surface area contributed by atoms with Crippen molar-refractivity contribution in [1.82, 2.24) is 19.9 Å². The molecular weight excluding hydrogens is 781 g/mol. The molecule has 0 unspecified atom stereocenters. The molecule has 4 nitrogen and oxygen atoms in total. The molecule has 5 heteroatoms. The normalized spacial score (nSPS) is 12.2. The summed E-state index contributed by atoms with van der Waals surface area (Å²) in [5, 5.41) is 0.